The predicted octanol–water partition coefficient (Wildman–Crippen LogP) is 2.90. The molecule has 2 aromatic rings. The molecule has 0 aliphatic carbocycles. The highest BCUT2D eigenvalue weighted by Gasteiger charge is 2.10. The van der Waals surface area contributed by atoms with E-state index in [4.69, 9.17) is 4.74 Å². The van der Waals surface area contributed by atoms with Gasteiger partial charge < -0.3 is 4.74 Å². The maximum absolute atomic E-state index is 13.3. The van der Waals surface area contributed by atoms with Crippen molar-refractivity contribution in [3.8, 4) is 5.75 Å². The van der Waals surface area contributed by atoms with Crippen LogP contribution < -0.4 is 9.46 Å². The van der Waals surface area contributed by atoms with Gasteiger partial charge in [-0.1, -0.05) is 30.3 Å². The van der Waals surface area contributed by atoms with Crippen molar-refractivity contribution in [3.63, 3.8) is 0 Å². The van der Waals surface area contributed by atoms with Crippen molar-refractivity contribution in [3.05, 3.63) is 65.7 Å². The molecule has 0 aliphatic heterocycles. The topological polar surface area (TPSA) is 55.4 Å². The third-order valence-electron chi connectivity index (χ3n) is 3.30. The second-order valence-corrected chi connectivity index (χ2v) is 7.15. The van der Waals surface area contributed by atoms with E-state index in [9.17, 15) is 17.2 Å². The van der Waals surface area contributed by atoms with Crippen molar-refractivity contribution in [2.45, 2.75) is 12.8 Å². The third kappa shape index (κ3) is 6.25. The van der Waals surface area contributed by atoms with Gasteiger partial charge in [-0.05, 0) is 30.5 Å². The van der Waals surface area contributed by atoms with Gasteiger partial charge >= 0.3 is 0 Å². The van der Waals surface area contributed by atoms with E-state index in [1.54, 1.807) is 0 Å². The Hall–Kier alpha value is -1.99. The molecule has 4 nitrogen and oxygen atoms in total. The zero-order chi connectivity index (χ0) is 17.4. The molecule has 0 spiro atoms. The second-order valence-electron chi connectivity index (χ2n) is 5.23. The zero-order valence-corrected chi connectivity index (χ0v) is 13.9. The SMILES string of the molecule is O=S(=O)(CCCc1ccccc1)NCCOc1ccc(F)cc1F. The molecule has 0 fully saturated rings. The summed E-state index contributed by atoms with van der Waals surface area (Å²) in [4.78, 5) is 0. The van der Waals surface area contributed by atoms with Crippen molar-refractivity contribution in [1.29, 1.82) is 0 Å². The first-order valence-corrected chi connectivity index (χ1v) is 9.20. The van der Waals surface area contributed by atoms with Crippen LogP contribution in [0.3, 0.4) is 0 Å². The Kier molecular flexibility index (Phi) is 6.69. The number of rotatable bonds is 9. The minimum atomic E-state index is -3.41. The van der Waals surface area contributed by atoms with E-state index < -0.39 is 21.7 Å². The molecule has 0 unspecified atom stereocenters. The number of sulfonamides is 1. The summed E-state index contributed by atoms with van der Waals surface area (Å²) >= 11 is 0. The van der Waals surface area contributed by atoms with Crippen LogP contribution in [0.2, 0.25) is 0 Å². The minimum absolute atomic E-state index is 0.00675. The fraction of sp³-hybridized carbons (Fsp3) is 0.294. The summed E-state index contributed by atoms with van der Waals surface area (Å²) in [6.07, 6.45) is 1.19. The minimum Gasteiger partial charge on any atom is -0.489 e. The van der Waals surface area contributed by atoms with Crippen LogP contribution in [0.4, 0.5) is 8.78 Å². The monoisotopic (exact) mass is 355 g/mol. The molecule has 0 atom stereocenters. The van der Waals surface area contributed by atoms with Crippen molar-refractivity contribution >= 4 is 10.0 Å². The van der Waals surface area contributed by atoms with Gasteiger partial charge in [-0.25, -0.2) is 21.9 Å². The first-order valence-electron chi connectivity index (χ1n) is 7.55. The van der Waals surface area contributed by atoms with E-state index in [1.807, 2.05) is 30.3 Å². The Morgan fingerprint density at radius 1 is 1.04 bits per heavy atom. The van der Waals surface area contributed by atoms with Crippen LogP contribution in [0, 0.1) is 11.6 Å². The molecule has 0 radical (unpaired) electrons. The quantitative estimate of drug-likeness (QED) is 0.704. The Labute approximate surface area is 140 Å². The fourth-order valence-electron chi connectivity index (χ4n) is 2.13. The van der Waals surface area contributed by atoms with Crippen LogP contribution in [0.25, 0.3) is 0 Å². The lowest BCUT2D eigenvalue weighted by atomic mass is 10.1. The van der Waals surface area contributed by atoms with E-state index in [0.29, 0.717) is 18.9 Å². The highest BCUT2D eigenvalue weighted by Crippen LogP contribution is 2.17. The number of halogens is 2. The van der Waals surface area contributed by atoms with E-state index in [-0.39, 0.29) is 24.7 Å². The number of ether oxygens (including phenoxy) is 1. The Morgan fingerprint density at radius 3 is 2.50 bits per heavy atom. The summed E-state index contributed by atoms with van der Waals surface area (Å²) in [5.74, 6) is -1.62. The number of benzene rings is 2. The predicted molar refractivity (Wildman–Crippen MR) is 88.4 cm³/mol. The van der Waals surface area contributed by atoms with E-state index in [1.165, 1.54) is 6.07 Å². The molecule has 0 bridgehead atoms. The molecule has 24 heavy (non-hydrogen) atoms. The smallest absolute Gasteiger partial charge is 0.211 e. The van der Waals surface area contributed by atoms with Gasteiger partial charge in [0.05, 0.1) is 5.75 Å². The Bertz CT molecular complexity index is 752. The van der Waals surface area contributed by atoms with Crippen LogP contribution >= 0.6 is 0 Å². The lowest BCUT2D eigenvalue weighted by Gasteiger charge is -2.09. The maximum atomic E-state index is 13.3. The van der Waals surface area contributed by atoms with Gasteiger partial charge in [0, 0.05) is 12.6 Å². The molecule has 0 saturated carbocycles. The summed E-state index contributed by atoms with van der Waals surface area (Å²) in [5, 5.41) is 0. The standard InChI is InChI=1S/C17H19F2NO3S/c18-15-8-9-17(16(19)13-15)23-11-10-20-24(21,22)12-4-7-14-5-2-1-3-6-14/h1-3,5-6,8-9,13,20H,4,7,10-12H2. The van der Waals surface area contributed by atoms with Gasteiger partial charge in [0.1, 0.15) is 12.4 Å². The van der Waals surface area contributed by atoms with Gasteiger partial charge in [-0.3, -0.25) is 0 Å². The van der Waals surface area contributed by atoms with E-state index in [0.717, 1.165) is 11.6 Å². The van der Waals surface area contributed by atoms with Crippen LogP contribution in [-0.4, -0.2) is 27.3 Å². The number of hydrogen-bond acceptors (Lipinski definition) is 3. The molecular weight excluding hydrogens is 336 g/mol. The van der Waals surface area contributed by atoms with Crippen LogP contribution in [0.15, 0.2) is 48.5 Å². The van der Waals surface area contributed by atoms with Crippen molar-refractivity contribution in [1.82, 2.24) is 4.72 Å². The average molecular weight is 355 g/mol. The molecule has 0 aromatic heterocycles. The molecule has 1 N–H and O–H groups in total. The van der Waals surface area contributed by atoms with Gasteiger partial charge in [0.2, 0.25) is 10.0 Å². The van der Waals surface area contributed by atoms with Crippen molar-refractivity contribution < 1.29 is 21.9 Å². The van der Waals surface area contributed by atoms with Gasteiger partial charge in [-0.2, -0.15) is 0 Å². The fourth-order valence-corrected chi connectivity index (χ4v) is 3.20. The number of aryl methyl sites for hydroxylation is 1. The summed E-state index contributed by atoms with van der Waals surface area (Å²) < 4.78 is 57.3. The van der Waals surface area contributed by atoms with Gasteiger partial charge in [0.25, 0.3) is 0 Å². The normalized spacial score (nSPS) is 11.4. The summed E-state index contributed by atoms with van der Waals surface area (Å²) in [6, 6.07) is 12.6. The summed E-state index contributed by atoms with van der Waals surface area (Å²) in [7, 11) is -3.41. The molecule has 7 heteroatoms. The molecule has 2 aromatic carbocycles. The molecule has 0 saturated heterocycles. The van der Waals surface area contributed by atoms with Gasteiger partial charge in [-0.15, -0.1) is 0 Å². The maximum Gasteiger partial charge on any atom is 0.211 e. The molecule has 130 valence electrons. The highest BCUT2D eigenvalue weighted by atomic mass is 32.2. The summed E-state index contributed by atoms with van der Waals surface area (Å²) in [6.45, 7) is -0.0229. The van der Waals surface area contributed by atoms with Crippen LogP contribution in [0.1, 0.15) is 12.0 Å². The lowest BCUT2D eigenvalue weighted by molar-refractivity contribution is 0.305. The molecule has 0 heterocycles. The van der Waals surface area contributed by atoms with Crippen molar-refractivity contribution in [2.75, 3.05) is 18.9 Å². The zero-order valence-electron chi connectivity index (χ0n) is 13.0. The Balaban J connectivity index is 1.68. The molecule has 2 rings (SSSR count). The Morgan fingerprint density at radius 2 is 1.79 bits per heavy atom. The van der Waals surface area contributed by atoms with Gasteiger partial charge in [0.15, 0.2) is 11.6 Å². The first kappa shape index (κ1) is 18.4. The number of hydrogen-bond donors (Lipinski definition) is 1. The molecular formula is C17H19F2NO3S. The van der Waals surface area contributed by atoms with Crippen molar-refractivity contribution in [2.24, 2.45) is 0 Å². The average Bonchev–Trinajstić information content (AvgIpc) is 2.54. The summed E-state index contributed by atoms with van der Waals surface area (Å²) in [5.41, 5.74) is 1.09. The lowest BCUT2D eigenvalue weighted by Crippen LogP contribution is -2.30. The van der Waals surface area contributed by atoms with E-state index >= 15 is 0 Å². The second kappa shape index (κ2) is 8.75. The molecule has 0 amide bonds. The third-order valence-corrected chi connectivity index (χ3v) is 4.77. The first-order chi connectivity index (χ1) is 11.5. The molecule has 0 aliphatic rings. The van der Waals surface area contributed by atoms with E-state index in [2.05, 4.69) is 4.72 Å². The van der Waals surface area contributed by atoms with Crippen LogP contribution in [-0.2, 0) is 16.4 Å². The highest BCUT2D eigenvalue weighted by molar-refractivity contribution is 7.89. The number of nitrogens with one attached hydrogen (secondary N) is 1. The largest absolute Gasteiger partial charge is 0.489 e. The van der Waals surface area contributed by atoms with Crippen LogP contribution in [0.5, 0.6) is 5.75 Å².